The molecule has 0 spiro atoms. The van der Waals surface area contributed by atoms with E-state index in [1.165, 1.54) is 0 Å². The summed E-state index contributed by atoms with van der Waals surface area (Å²) in [6.45, 7) is 8.56. The zero-order valence-corrected chi connectivity index (χ0v) is 15.3. The number of nitrogens with zero attached hydrogens (tertiary/aromatic N) is 3. The maximum absolute atomic E-state index is 12.3. The number of rotatable bonds is 2. The molecule has 0 bridgehead atoms. The molecule has 3 heterocycles. The summed E-state index contributed by atoms with van der Waals surface area (Å²) in [4.78, 5) is 26.7. The van der Waals surface area contributed by atoms with E-state index in [0.29, 0.717) is 6.54 Å². The van der Waals surface area contributed by atoms with E-state index in [2.05, 4.69) is 51.6 Å². The number of hydrogen-bond donors (Lipinski definition) is 1. The lowest BCUT2D eigenvalue weighted by atomic mass is 9.95. The Labute approximate surface area is 141 Å². The predicted molar refractivity (Wildman–Crippen MR) is 91.2 cm³/mol. The number of aromatic nitrogens is 3. The molecule has 2 aromatic heterocycles. The van der Waals surface area contributed by atoms with Gasteiger partial charge in [0.05, 0.1) is 12.2 Å². The van der Waals surface area contributed by atoms with E-state index in [9.17, 15) is 4.79 Å². The zero-order chi connectivity index (χ0) is 15.9. The van der Waals surface area contributed by atoms with Crippen LogP contribution in [0.1, 0.15) is 42.9 Å². The fourth-order valence-electron chi connectivity index (χ4n) is 2.54. The number of aromatic amines is 1. The Morgan fingerprint density at radius 1 is 1.41 bits per heavy atom. The van der Waals surface area contributed by atoms with Gasteiger partial charge in [-0.05, 0) is 22.4 Å². The van der Waals surface area contributed by atoms with Crippen molar-refractivity contribution in [3.8, 4) is 0 Å². The monoisotopic (exact) mass is 382 g/mol. The molecule has 0 saturated heterocycles. The van der Waals surface area contributed by atoms with Crippen molar-refractivity contribution >= 4 is 27.3 Å². The average molecular weight is 383 g/mol. The summed E-state index contributed by atoms with van der Waals surface area (Å²) in [5.74, 6) is 0.759. The fourth-order valence-corrected chi connectivity index (χ4v) is 3.84. The third-order valence-electron chi connectivity index (χ3n) is 3.75. The molecule has 22 heavy (non-hydrogen) atoms. The van der Waals surface area contributed by atoms with Crippen LogP contribution in [0.4, 0.5) is 0 Å². The Morgan fingerprint density at radius 2 is 2.18 bits per heavy atom. The summed E-state index contributed by atoms with van der Waals surface area (Å²) in [6.07, 6.45) is 0.745. The third kappa shape index (κ3) is 3.31. The van der Waals surface area contributed by atoms with E-state index in [1.807, 2.05) is 5.38 Å². The van der Waals surface area contributed by atoms with Crippen LogP contribution in [0.3, 0.4) is 0 Å². The van der Waals surface area contributed by atoms with Crippen LogP contribution in [0, 0.1) is 0 Å². The highest BCUT2D eigenvalue weighted by Gasteiger charge is 2.25. The van der Waals surface area contributed by atoms with Crippen molar-refractivity contribution in [3.05, 3.63) is 42.4 Å². The van der Waals surface area contributed by atoms with E-state index >= 15 is 0 Å². The van der Waals surface area contributed by atoms with E-state index in [4.69, 9.17) is 4.98 Å². The predicted octanol–water partition coefficient (Wildman–Crippen LogP) is 2.84. The molecule has 0 fully saturated rings. The number of thiazole rings is 1. The van der Waals surface area contributed by atoms with Gasteiger partial charge in [0.1, 0.15) is 15.4 Å². The molecule has 0 unspecified atom stereocenters. The van der Waals surface area contributed by atoms with Gasteiger partial charge in [-0.25, -0.2) is 9.97 Å². The van der Waals surface area contributed by atoms with Gasteiger partial charge in [0.2, 0.25) is 0 Å². The Balaban J connectivity index is 1.85. The molecule has 3 rings (SSSR count). The topological polar surface area (TPSA) is 61.9 Å². The van der Waals surface area contributed by atoms with Crippen LogP contribution < -0.4 is 5.56 Å². The van der Waals surface area contributed by atoms with Gasteiger partial charge in [-0.1, -0.05) is 20.8 Å². The highest BCUT2D eigenvalue weighted by molar-refractivity contribution is 9.10. The van der Waals surface area contributed by atoms with Gasteiger partial charge in [-0.2, -0.15) is 0 Å². The van der Waals surface area contributed by atoms with E-state index in [-0.39, 0.29) is 11.0 Å². The van der Waals surface area contributed by atoms with Crippen LogP contribution in [-0.2, 0) is 24.9 Å². The molecular formula is C15H19BrN4OS. The molecule has 1 aliphatic heterocycles. The molecule has 118 valence electrons. The lowest BCUT2D eigenvalue weighted by Gasteiger charge is -2.28. The Hall–Kier alpha value is -1.05. The molecule has 0 saturated carbocycles. The molecular weight excluding hydrogens is 364 g/mol. The molecule has 5 nitrogen and oxygen atoms in total. The molecule has 0 aromatic carbocycles. The lowest BCUT2D eigenvalue weighted by Crippen LogP contribution is -2.36. The molecule has 2 aromatic rings. The minimum Gasteiger partial charge on any atom is -0.310 e. The van der Waals surface area contributed by atoms with Crippen LogP contribution in [0.25, 0.3) is 0 Å². The summed E-state index contributed by atoms with van der Waals surface area (Å²) in [6, 6.07) is 0. The minimum atomic E-state index is -0.156. The number of halogens is 1. The zero-order valence-electron chi connectivity index (χ0n) is 12.9. The highest BCUT2D eigenvalue weighted by atomic mass is 79.9. The molecule has 0 amide bonds. The van der Waals surface area contributed by atoms with Crippen molar-refractivity contribution < 1.29 is 0 Å². The summed E-state index contributed by atoms with van der Waals surface area (Å²) in [5.41, 5.74) is 1.61. The number of H-pyrrole nitrogens is 1. The summed E-state index contributed by atoms with van der Waals surface area (Å²) in [7, 11) is 0. The largest absolute Gasteiger partial charge is 0.310 e. The summed E-state index contributed by atoms with van der Waals surface area (Å²) < 4.78 is 0.884. The van der Waals surface area contributed by atoms with Gasteiger partial charge in [0.15, 0.2) is 0 Å². The van der Waals surface area contributed by atoms with Crippen molar-refractivity contribution in [2.45, 2.75) is 45.7 Å². The molecule has 7 heteroatoms. The minimum absolute atomic E-state index is 0.0200. The second-order valence-electron chi connectivity index (χ2n) is 6.61. The maximum atomic E-state index is 12.3. The average Bonchev–Trinajstić information content (AvgIpc) is 2.82. The second-order valence-corrected chi connectivity index (χ2v) is 8.37. The Bertz CT molecular complexity index is 747. The van der Waals surface area contributed by atoms with Crippen LogP contribution in [0.15, 0.2) is 14.8 Å². The first kappa shape index (κ1) is 15.8. The first-order valence-electron chi connectivity index (χ1n) is 7.28. The van der Waals surface area contributed by atoms with E-state index < -0.39 is 0 Å². The van der Waals surface area contributed by atoms with E-state index in [1.54, 1.807) is 11.3 Å². The van der Waals surface area contributed by atoms with Crippen molar-refractivity contribution in [1.82, 2.24) is 19.9 Å². The van der Waals surface area contributed by atoms with Crippen LogP contribution in [0.2, 0.25) is 0 Å². The van der Waals surface area contributed by atoms with Gasteiger partial charge >= 0.3 is 0 Å². The van der Waals surface area contributed by atoms with Crippen molar-refractivity contribution in [2.75, 3.05) is 6.54 Å². The Morgan fingerprint density at radius 3 is 2.82 bits per heavy atom. The number of hydrogen-bond acceptors (Lipinski definition) is 5. The van der Waals surface area contributed by atoms with Gasteiger partial charge in [0.25, 0.3) is 5.56 Å². The molecule has 0 atom stereocenters. The smallest absolute Gasteiger partial charge is 0.254 e. The van der Waals surface area contributed by atoms with Crippen LogP contribution in [-0.4, -0.2) is 26.4 Å². The van der Waals surface area contributed by atoms with Gasteiger partial charge in [0, 0.05) is 29.4 Å². The van der Waals surface area contributed by atoms with Crippen LogP contribution in [0.5, 0.6) is 0 Å². The molecule has 1 aliphatic rings. The highest BCUT2D eigenvalue weighted by Crippen LogP contribution is 2.22. The van der Waals surface area contributed by atoms with Crippen molar-refractivity contribution in [1.29, 1.82) is 0 Å². The normalized spacial score (nSPS) is 15.8. The van der Waals surface area contributed by atoms with Gasteiger partial charge in [-0.3, -0.25) is 9.69 Å². The Kier molecular flexibility index (Phi) is 4.22. The number of fused-ring (bicyclic) bond motifs is 1. The van der Waals surface area contributed by atoms with Gasteiger partial charge < -0.3 is 4.98 Å². The van der Waals surface area contributed by atoms with Crippen LogP contribution >= 0.6 is 27.3 Å². The standard InChI is InChI=1S/C15H19BrN4OS/c1-15(2,3)14-17-10-6-20(5-4-9(10)13(21)19-14)7-12-18-11(16)8-22-12/h8H,4-7H2,1-3H3,(H,17,19,21). The summed E-state index contributed by atoms with van der Waals surface area (Å²) >= 11 is 5.03. The van der Waals surface area contributed by atoms with Crippen molar-refractivity contribution in [2.24, 2.45) is 0 Å². The summed E-state index contributed by atoms with van der Waals surface area (Å²) in [5, 5.41) is 3.07. The van der Waals surface area contributed by atoms with Gasteiger partial charge in [-0.15, -0.1) is 11.3 Å². The lowest BCUT2D eigenvalue weighted by molar-refractivity contribution is 0.239. The second kappa shape index (κ2) is 5.86. The first-order valence-corrected chi connectivity index (χ1v) is 8.95. The fraction of sp³-hybridized carbons (Fsp3) is 0.533. The maximum Gasteiger partial charge on any atom is 0.254 e. The molecule has 0 radical (unpaired) electrons. The SMILES string of the molecule is CC(C)(C)c1nc2c(c(=O)[nH]1)CCN(Cc1nc(Br)cs1)C2. The van der Waals surface area contributed by atoms with E-state index in [0.717, 1.165) is 46.2 Å². The molecule has 1 N–H and O–H groups in total. The quantitative estimate of drug-likeness (QED) is 0.867. The van der Waals surface area contributed by atoms with Crippen molar-refractivity contribution in [3.63, 3.8) is 0 Å². The number of nitrogens with one attached hydrogen (secondary N) is 1. The molecule has 0 aliphatic carbocycles. The third-order valence-corrected chi connectivity index (χ3v) is 5.29. The first-order chi connectivity index (χ1) is 10.3.